The van der Waals surface area contributed by atoms with E-state index in [0.717, 1.165) is 41.2 Å². The van der Waals surface area contributed by atoms with E-state index in [-0.39, 0.29) is 5.91 Å². The van der Waals surface area contributed by atoms with E-state index in [0.29, 0.717) is 19.5 Å². The van der Waals surface area contributed by atoms with Gasteiger partial charge < -0.3 is 9.80 Å². The Labute approximate surface area is 182 Å². The van der Waals surface area contributed by atoms with Crippen molar-refractivity contribution >= 4 is 22.5 Å². The predicted octanol–water partition coefficient (Wildman–Crippen LogP) is 4.19. The van der Waals surface area contributed by atoms with Gasteiger partial charge >= 0.3 is 0 Å². The maximum Gasteiger partial charge on any atom is 0.227 e. The topological polar surface area (TPSA) is 49.3 Å². The molecule has 1 aliphatic heterocycles. The zero-order chi connectivity index (χ0) is 21.0. The highest BCUT2D eigenvalue weighted by molar-refractivity contribution is 5.90. The zero-order valence-electron chi connectivity index (χ0n) is 17.3. The molecule has 154 valence electrons. The zero-order valence-corrected chi connectivity index (χ0v) is 17.3. The Kier molecular flexibility index (Phi) is 5.31. The third kappa shape index (κ3) is 4.12. The molecule has 0 bridgehead atoms. The number of carbonyl (C=O) groups excluding carboxylic acids is 1. The summed E-state index contributed by atoms with van der Waals surface area (Å²) in [5.74, 6) is 1.83. The number of rotatable bonds is 4. The Morgan fingerprint density at radius 2 is 1.55 bits per heavy atom. The molecular weight excluding hydrogens is 384 g/mol. The number of amides is 1. The van der Waals surface area contributed by atoms with Crippen LogP contribution in [0.15, 0.2) is 85.1 Å². The second-order valence-corrected chi connectivity index (χ2v) is 7.79. The minimum atomic E-state index is 0.184. The van der Waals surface area contributed by atoms with Gasteiger partial charge in [-0.25, -0.2) is 9.97 Å². The van der Waals surface area contributed by atoms with Crippen LogP contribution in [0.4, 0.5) is 5.82 Å². The molecule has 0 atom stereocenters. The minimum Gasteiger partial charge on any atom is -0.353 e. The van der Waals surface area contributed by atoms with Crippen molar-refractivity contribution in [1.29, 1.82) is 0 Å². The van der Waals surface area contributed by atoms with Crippen LogP contribution in [-0.4, -0.2) is 47.0 Å². The van der Waals surface area contributed by atoms with Crippen molar-refractivity contribution in [2.75, 3.05) is 31.1 Å². The highest BCUT2D eigenvalue weighted by Gasteiger charge is 2.22. The fourth-order valence-electron chi connectivity index (χ4n) is 4.16. The summed E-state index contributed by atoms with van der Waals surface area (Å²) < 4.78 is 0. The predicted molar refractivity (Wildman–Crippen MR) is 124 cm³/mol. The van der Waals surface area contributed by atoms with Gasteiger partial charge in [-0.15, -0.1) is 0 Å². The molecule has 0 N–H and O–H groups in total. The van der Waals surface area contributed by atoms with Gasteiger partial charge in [0.2, 0.25) is 5.91 Å². The van der Waals surface area contributed by atoms with Gasteiger partial charge in [0.05, 0.1) is 6.42 Å². The molecule has 1 aromatic heterocycles. The highest BCUT2D eigenvalue weighted by Crippen LogP contribution is 2.21. The van der Waals surface area contributed by atoms with Crippen molar-refractivity contribution in [3.8, 4) is 11.4 Å². The van der Waals surface area contributed by atoms with E-state index in [9.17, 15) is 4.79 Å². The van der Waals surface area contributed by atoms with Gasteiger partial charge in [-0.3, -0.25) is 4.79 Å². The van der Waals surface area contributed by atoms with Crippen molar-refractivity contribution < 1.29 is 4.79 Å². The normalized spacial score (nSPS) is 14.1. The monoisotopic (exact) mass is 408 g/mol. The van der Waals surface area contributed by atoms with E-state index in [1.54, 1.807) is 0 Å². The largest absolute Gasteiger partial charge is 0.353 e. The van der Waals surface area contributed by atoms with Gasteiger partial charge in [-0.2, -0.15) is 0 Å². The molecule has 1 aliphatic rings. The lowest BCUT2D eigenvalue weighted by Crippen LogP contribution is -2.49. The second kappa shape index (κ2) is 8.56. The van der Waals surface area contributed by atoms with Crippen LogP contribution in [0, 0.1) is 0 Å². The van der Waals surface area contributed by atoms with E-state index in [1.165, 1.54) is 5.39 Å². The number of benzene rings is 3. The Bertz CT molecular complexity index is 1190. The third-order valence-electron chi connectivity index (χ3n) is 5.85. The maximum atomic E-state index is 13.0. The first kappa shape index (κ1) is 19.2. The van der Waals surface area contributed by atoms with Crippen molar-refractivity contribution in [2.45, 2.75) is 6.42 Å². The van der Waals surface area contributed by atoms with Crippen LogP contribution < -0.4 is 4.90 Å². The first-order valence-electron chi connectivity index (χ1n) is 10.7. The van der Waals surface area contributed by atoms with E-state index >= 15 is 0 Å². The molecule has 0 radical (unpaired) electrons. The molecule has 3 aromatic carbocycles. The molecule has 5 rings (SSSR count). The van der Waals surface area contributed by atoms with Crippen LogP contribution in [0.1, 0.15) is 5.56 Å². The smallest absolute Gasteiger partial charge is 0.227 e. The summed E-state index contributed by atoms with van der Waals surface area (Å²) in [6, 6.07) is 26.4. The lowest BCUT2D eigenvalue weighted by atomic mass is 10.0. The quantitative estimate of drug-likeness (QED) is 0.508. The van der Waals surface area contributed by atoms with Gasteiger partial charge in [-0.05, 0) is 22.4 Å². The summed E-state index contributed by atoms with van der Waals surface area (Å²) >= 11 is 0. The van der Waals surface area contributed by atoms with Gasteiger partial charge in [0.15, 0.2) is 5.82 Å². The number of carbonyl (C=O) groups is 1. The summed E-state index contributed by atoms with van der Waals surface area (Å²) in [5.41, 5.74) is 2.10. The molecule has 0 unspecified atom stereocenters. The number of aromatic nitrogens is 2. The van der Waals surface area contributed by atoms with E-state index in [4.69, 9.17) is 4.98 Å². The van der Waals surface area contributed by atoms with Crippen molar-refractivity contribution in [3.05, 3.63) is 90.6 Å². The Balaban J connectivity index is 1.25. The summed E-state index contributed by atoms with van der Waals surface area (Å²) in [5, 5.41) is 2.34. The lowest BCUT2D eigenvalue weighted by molar-refractivity contribution is -0.130. The fraction of sp³-hybridized carbons (Fsp3) is 0.192. The molecule has 1 fully saturated rings. The molecule has 5 heteroatoms. The summed E-state index contributed by atoms with van der Waals surface area (Å²) in [6.07, 6.45) is 2.25. The van der Waals surface area contributed by atoms with Crippen LogP contribution in [0.5, 0.6) is 0 Å². The van der Waals surface area contributed by atoms with Crippen LogP contribution in [0.25, 0.3) is 22.2 Å². The highest BCUT2D eigenvalue weighted by atomic mass is 16.2. The van der Waals surface area contributed by atoms with Gasteiger partial charge in [0.25, 0.3) is 0 Å². The number of piperazine rings is 1. The summed E-state index contributed by atoms with van der Waals surface area (Å²) in [4.78, 5) is 26.3. The number of nitrogens with zero attached hydrogens (tertiary/aromatic N) is 4. The number of hydrogen-bond acceptors (Lipinski definition) is 4. The molecule has 5 nitrogen and oxygen atoms in total. The Hall–Kier alpha value is -3.73. The molecule has 2 heterocycles. The summed E-state index contributed by atoms with van der Waals surface area (Å²) in [6.45, 7) is 2.95. The van der Waals surface area contributed by atoms with E-state index < -0.39 is 0 Å². The Morgan fingerprint density at radius 3 is 2.39 bits per heavy atom. The van der Waals surface area contributed by atoms with Crippen LogP contribution in [0.3, 0.4) is 0 Å². The van der Waals surface area contributed by atoms with Gasteiger partial charge in [0, 0.05) is 37.9 Å². The summed E-state index contributed by atoms with van der Waals surface area (Å²) in [7, 11) is 0. The molecule has 31 heavy (non-hydrogen) atoms. The second-order valence-electron chi connectivity index (χ2n) is 7.79. The molecule has 1 amide bonds. The average Bonchev–Trinajstić information content (AvgIpc) is 2.85. The Morgan fingerprint density at radius 1 is 0.806 bits per heavy atom. The van der Waals surface area contributed by atoms with Crippen LogP contribution in [0.2, 0.25) is 0 Å². The van der Waals surface area contributed by atoms with Crippen LogP contribution >= 0.6 is 0 Å². The van der Waals surface area contributed by atoms with Crippen molar-refractivity contribution in [2.24, 2.45) is 0 Å². The number of anilines is 1. The number of hydrogen-bond donors (Lipinski definition) is 0. The molecule has 4 aromatic rings. The van der Waals surface area contributed by atoms with E-state index in [2.05, 4.69) is 34.1 Å². The van der Waals surface area contributed by atoms with Gasteiger partial charge in [0.1, 0.15) is 5.82 Å². The number of fused-ring (bicyclic) bond motifs is 1. The third-order valence-corrected chi connectivity index (χ3v) is 5.85. The van der Waals surface area contributed by atoms with E-state index in [1.807, 2.05) is 65.7 Å². The average molecular weight is 409 g/mol. The first-order chi connectivity index (χ1) is 15.3. The maximum absolute atomic E-state index is 13.0. The fourth-order valence-corrected chi connectivity index (χ4v) is 4.16. The van der Waals surface area contributed by atoms with Crippen molar-refractivity contribution in [3.63, 3.8) is 0 Å². The molecule has 1 saturated heterocycles. The SMILES string of the molecule is O=C(Cc1cccc2ccccc12)N1CCN(c2ccnc(-c3ccccc3)n2)CC1. The van der Waals surface area contributed by atoms with Gasteiger partial charge in [-0.1, -0.05) is 72.8 Å². The molecular formula is C26H24N4O. The van der Waals surface area contributed by atoms with Crippen LogP contribution in [-0.2, 0) is 11.2 Å². The standard InChI is InChI=1S/C26H24N4O/c31-25(19-22-11-6-10-20-7-4-5-12-23(20)22)30-17-15-29(16-18-30)24-13-14-27-26(28-24)21-8-2-1-3-9-21/h1-14H,15-19H2. The minimum absolute atomic E-state index is 0.184. The molecule has 0 saturated carbocycles. The molecule has 0 spiro atoms. The first-order valence-corrected chi connectivity index (χ1v) is 10.7. The lowest BCUT2D eigenvalue weighted by Gasteiger charge is -2.35. The van der Waals surface area contributed by atoms with Crippen molar-refractivity contribution in [1.82, 2.24) is 14.9 Å². The molecule has 0 aliphatic carbocycles.